The number of hydrogen-bond acceptors (Lipinski definition) is 3. The molecule has 1 atom stereocenters. The average Bonchev–Trinajstić information content (AvgIpc) is 3.29. The number of benzene rings is 1. The maximum Gasteiger partial charge on any atom is 0.318 e. The van der Waals surface area contributed by atoms with Gasteiger partial charge in [0.1, 0.15) is 11.8 Å². The van der Waals surface area contributed by atoms with Gasteiger partial charge in [-0.3, -0.25) is 0 Å². The molecular formula is C20H20N2O3. The zero-order chi connectivity index (χ0) is 17.1. The van der Waals surface area contributed by atoms with Crippen LogP contribution < -0.4 is 5.32 Å². The van der Waals surface area contributed by atoms with Crippen LogP contribution in [0.2, 0.25) is 0 Å². The van der Waals surface area contributed by atoms with Crippen molar-refractivity contribution in [2.45, 2.75) is 12.5 Å². The molecular weight excluding hydrogens is 316 g/mol. The van der Waals surface area contributed by atoms with Crippen LogP contribution in [0.4, 0.5) is 4.79 Å². The van der Waals surface area contributed by atoms with Crippen molar-refractivity contribution in [3.05, 3.63) is 84.2 Å². The SMILES string of the molecule is O=C(NC(c1ccccc1)c1ccco1)N1CC(Cc2ccoc2)C1. The summed E-state index contributed by atoms with van der Waals surface area (Å²) in [6.07, 6.45) is 6.03. The number of urea groups is 1. The number of carbonyl (C=O) groups is 1. The van der Waals surface area contributed by atoms with Gasteiger partial charge in [-0.25, -0.2) is 4.79 Å². The van der Waals surface area contributed by atoms with Gasteiger partial charge in [0.25, 0.3) is 0 Å². The second-order valence-corrected chi connectivity index (χ2v) is 6.42. The number of carbonyl (C=O) groups excluding carboxylic acids is 1. The third-order valence-corrected chi connectivity index (χ3v) is 4.58. The molecule has 3 heterocycles. The number of amides is 2. The van der Waals surface area contributed by atoms with Crippen molar-refractivity contribution in [3.8, 4) is 0 Å². The van der Waals surface area contributed by atoms with Crippen molar-refractivity contribution in [2.24, 2.45) is 5.92 Å². The Labute approximate surface area is 146 Å². The fraction of sp³-hybridized carbons (Fsp3) is 0.250. The summed E-state index contributed by atoms with van der Waals surface area (Å²) in [7, 11) is 0. The third kappa shape index (κ3) is 3.45. The van der Waals surface area contributed by atoms with Crippen molar-refractivity contribution in [1.82, 2.24) is 10.2 Å². The fourth-order valence-electron chi connectivity index (χ4n) is 3.24. The summed E-state index contributed by atoms with van der Waals surface area (Å²) in [6, 6.07) is 15.2. The minimum Gasteiger partial charge on any atom is -0.472 e. The van der Waals surface area contributed by atoms with E-state index in [-0.39, 0.29) is 12.1 Å². The lowest BCUT2D eigenvalue weighted by atomic mass is 9.93. The standard InChI is InChI=1S/C20H20N2O3/c23-20(22-12-16(13-22)11-15-8-10-24-14-15)21-19(18-7-4-9-25-18)17-5-2-1-3-6-17/h1-10,14,16,19H,11-13H2,(H,21,23). The van der Waals surface area contributed by atoms with E-state index in [0.717, 1.165) is 30.8 Å². The van der Waals surface area contributed by atoms with Crippen LogP contribution in [0.25, 0.3) is 0 Å². The number of nitrogens with zero attached hydrogens (tertiary/aromatic N) is 1. The molecule has 128 valence electrons. The van der Waals surface area contributed by atoms with Gasteiger partial charge in [-0.2, -0.15) is 0 Å². The van der Waals surface area contributed by atoms with Gasteiger partial charge in [0.2, 0.25) is 0 Å². The molecule has 3 aromatic rings. The molecule has 2 aromatic heterocycles. The molecule has 0 spiro atoms. The number of hydrogen-bond donors (Lipinski definition) is 1. The van der Waals surface area contributed by atoms with Crippen LogP contribution in [0.5, 0.6) is 0 Å². The van der Waals surface area contributed by atoms with Gasteiger partial charge >= 0.3 is 6.03 Å². The summed E-state index contributed by atoms with van der Waals surface area (Å²) in [5.74, 6) is 1.22. The maximum absolute atomic E-state index is 12.6. The Morgan fingerprint density at radius 2 is 1.96 bits per heavy atom. The molecule has 1 aliphatic heterocycles. The van der Waals surface area contributed by atoms with E-state index in [1.807, 2.05) is 53.4 Å². The second kappa shape index (κ2) is 6.89. The minimum atomic E-state index is -0.281. The predicted octanol–water partition coefficient (Wildman–Crippen LogP) is 3.85. The topological polar surface area (TPSA) is 58.6 Å². The zero-order valence-electron chi connectivity index (χ0n) is 13.8. The van der Waals surface area contributed by atoms with Crippen LogP contribution in [0, 0.1) is 5.92 Å². The first-order chi connectivity index (χ1) is 12.3. The van der Waals surface area contributed by atoms with Crippen LogP contribution in [0.1, 0.15) is 22.9 Å². The Hall–Kier alpha value is -2.95. The molecule has 1 saturated heterocycles. The van der Waals surface area contributed by atoms with Gasteiger partial charge in [-0.1, -0.05) is 30.3 Å². The van der Waals surface area contributed by atoms with Crippen LogP contribution in [0.15, 0.2) is 76.2 Å². The molecule has 0 radical (unpaired) electrons. The van der Waals surface area contributed by atoms with E-state index in [1.165, 1.54) is 5.56 Å². The maximum atomic E-state index is 12.6. The van der Waals surface area contributed by atoms with Crippen LogP contribution in [-0.4, -0.2) is 24.0 Å². The van der Waals surface area contributed by atoms with Crippen molar-refractivity contribution in [2.75, 3.05) is 13.1 Å². The number of furan rings is 2. The minimum absolute atomic E-state index is 0.0614. The lowest BCUT2D eigenvalue weighted by Gasteiger charge is -2.39. The highest BCUT2D eigenvalue weighted by molar-refractivity contribution is 5.76. The van der Waals surface area contributed by atoms with Gasteiger partial charge in [-0.05, 0) is 41.7 Å². The molecule has 5 heteroatoms. The van der Waals surface area contributed by atoms with Gasteiger partial charge < -0.3 is 19.1 Å². The quantitative estimate of drug-likeness (QED) is 0.770. The van der Waals surface area contributed by atoms with Crippen LogP contribution >= 0.6 is 0 Å². The summed E-state index contributed by atoms with van der Waals surface area (Å²) >= 11 is 0. The summed E-state index contributed by atoms with van der Waals surface area (Å²) < 4.78 is 10.6. The van der Waals surface area contributed by atoms with Gasteiger partial charge in [-0.15, -0.1) is 0 Å². The highest BCUT2D eigenvalue weighted by Gasteiger charge is 2.32. The first-order valence-electron chi connectivity index (χ1n) is 8.44. The summed E-state index contributed by atoms with van der Waals surface area (Å²) in [6.45, 7) is 1.52. The monoisotopic (exact) mass is 336 g/mol. The predicted molar refractivity (Wildman–Crippen MR) is 93.0 cm³/mol. The summed E-state index contributed by atoms with van der Waals surface area (Å²) in [4.78, 5) is 14.4. The van der Waals surface area contributed by atoms with E-state index in [1.54, 1.807) is 18.8 Å². The largest absolute Gasteiger partial charge is 0.472 e. The normalized spacial score (nSPS) is 15.6. The second-order valence-electron chi connectivity index (χ2n) is 6.42. The lowest BCUT2D eigenvalue weighted by molar-refractivity contribution is 0.118. The zero-order valence-corrected chi connectivity index (χ0v) is 13.8. The Morgan fingerprint density at radius 3 is 2.64 bits per heavy atom. The molecule has 1 aliphatic rings. The Bertz CT molecular complexity index is 791. The van der Waals surface area contributed by atoms with Crippen LogP contribution in [0.3, 0.4) is 0 Å². The molecule has 1 N–H and O–H groups in total. The molecule has 4 rings (SSSR count). The van der Waals surface area contributed by atoms with Crippen molar-refractivity contribution >= 4 is 6.03 Å². The molecule has 0 aliphatic carbocycles. The van der Waals surface area contributed by atoms with E-state index < -0.39 is 0 Å². The number of likely N-dealkylation sites (tertiary alicyclic amines) is 1. The molecule has 1 aromatic carbocycles. The molecule has 0 bridgehead atoms. The molecule has 5 nitrogen and oxygen atoms in total. The van der Waals surface area contributed by atoms with Crippen molar-refractivity contribution < 1.29 is 13.6 Å². The van der Waals surface area contributed by atoms with E-state index in [4.69, 9.17) is 8.83 Å². The number of nitrogens with one attached hydrogen (secondary N) is 1. The molecule has 25 heavy (non-hydrogen) atoms. The Balaban J connectivity index is 1.39. The first-order valence-corrected chi connectivity index (χ1v) is 8.44. The Morgan fingerprint density at radius 1 is 1.12 bits per heavy atom. The van der Waals surface area contributed by atoms with Gasteiger partial charge in [0.05, 0.1) is 18.8 Å². The highest BCUT2D eigenvalue weighted by Crippen LogP contribution is 2.25. The highest BCUT2D eigenvalue weighted by atomic mass is 16.3. The summed E-state index contributed by atoms with van der Waals surface area (Å²) in [5, 5.41) is 3.09. The smallest absolute Gasteiger partial charge is 0.318 e. The van der Waals surface area contributed by atoms with Crippen molar-refractivity contribution in [1.29, 1.82) is 0 Å². The Kier molecular flexibility index (Phi) is 4.29. The van der Waals surface area contributed by atoms with Crippen molar-refractivity contribution in [3.63, 3.8) is 0 Å². The lowest BCUT2D eigenvalue weighted by Crippen LogP contribution is -2.54. The molecule has 1 fully saturated rings. The van der Waals surface area contributed by atoms with Gasteiger partial charge in [0.15, 0.2) is 0 Å². The third-order valence-electron chi connectivity index (χ3n) is 4.58. The van der Waals surface area contributed by atoms with E-state index in [9.17, 15) is 4.79 Å². The fourth-order valence-corrected chi connectivity index (χ4v) is 3.24. The van der Waals surface area contributed by atoms with E-state index in [0.29, 0.717) is 5.92 Å². The van der Waals surface area contributed by atoms with E-state index >= 15 is 0 Å². The van der Waals surface area contributed by atoms with Crippen LogP contribution in [-0.2, 0) is 6.42 Å². The number of rotatable bonds is 5. The molecule has 2 amide bonds. The first kappa shape index (κ1) is 15.6. The van der Waals surface area contributed by atoms with E-state index in [2.05, 4.69) is 5.32 Å². The molecule has 1 unspecified atom stereocenters. The average molecular weight is 336 g/mol. The van der Waals surface area contributed by atoms with Gasteiger partial charge in [0, 0.05) is 13.1 Å². The molecule has 0 saturated carbocycles. The summed E-state index contributed by atoms with van der Waals surface area (Å²) in [5.41, 5.74) is 2.18.